The van der Waals surface area contributed by atoms with Gasteiger partial charge in [-0.1, -0.05) is 5.16 Å². The number of ether oxygens (including phenoxy) is 2. The summed E-state index contributed by atoms with van der Waals surface area (Å²) in [6.45, 7) is -3.28. The number of rotatable bonds is 14. The first-order valence-corrected chi connectivity index (χ1v) is 11.1. The number of halogens is 19. The van der Waals surface area contributed by atoms with E-state index in [0.717, 1.165) is 18.2 Å². The van der Waals surface area contributed by atoms with Crippen LogP contribution in [0.4, 0.5) is 83.4 Å². The zero-order valence-corrected chi connectivity index (χ0v) is 21.6. The fourth-order valence-electron chi connectivity index (χ4n) is 2.88. The number of benzene rings is 1. The molecule has 25 heteroatoms. The van der Waals surface area contributed by atoms with Crippen molar-refractivity contribution in [1.82, 2.24) is 0 Å². The molecule has 0 aromatic heterocycles. The van der Waals surface area contributed by atoms with Gasteiger partial charge in [0.25, 0.3) is 0 Å². The molecule has 0 atom stereocenters. The summed E-state index contributed by atoms with van der Waals surface area (Å²) in [7, 11) is 0. The second-order valence-electron chi connectivity index (χ2n) is 8.85. The average molecular weight is 721 g/mol. The molecule has 0 radical (unpaired) electrons. The van der Waals surface area contributed by atoms with Gasteiger partial charge in [-0.25, -0.2) is 0 Å². The Kier molecular flexibility index (Phi) is 10.8. The molecule has 0 fully saturated rings. The molecule has 0 aliphatic rings. The highest BCUT2D eigenvalue weighted by Crippen LogP contribution is 2.65. The molecule has 0 heterocycles. The Morgan fingerprint density at radius 1 is 0.696 bits per heavy atom. The van der Waals surface area contributed by atoms with E-state index in [-0.39, 0.29) is 11.3 Å². The van der Waals surface area contributed by atoms with Crippen LogP contribution in [0.3, 0.4) is 0 Å². The molecule has 2 N–H and O–H groups in total. The lowest BCUT2D eigenvalue weighted by Gasteiger charge is -2.43. The quantitative estimate of drug-likeness (QED) is 0.0682. The number of alkyl halides is 19. The molecule has 0 unspecified atom stereocenters. The van der Waals surface area contributed by atoms with Gasteiger partial charge < -0.3 is 19.8 Å². The van der Waals surface area contributed by atoms with Crippen molar-refractivity contribution in [2.24, 2.45) is 5.16 Å². The molecule has 0 saturated heterocycles. The predicted octanol–water partition coefficient (Wildman–Crippen LogP) is 7.55. The van der Waals surface area contributed by atoms with Gasteiger partial charge in [0.05, 0.1) is 18.7 Å². The van der Waals surface area contributed by atoms with E-state index < -0.39 is 90.7 Å². The van der Waals surface area contributed by atoms with Crippen LogP contribution in [0.2, 0.25) is 0 Å². The second-order valence-corrected chi connectivity index (χ2v) is 8.85. The van der Waals surface area contributed by atoms with Crippen molar-refractivity contribution < 1.29 is 108 Å². The van der Waals surface area contributed by atoms with Crippen LogP contribution < -0.4 is 4.74 Å². The van der Waals surface area contributed by atoms with Gasteiger partial charge in [0, 0.05) is 5.56 Å². The van der Waals surface area contributed by atoms with Crippen LogP contribution in [0.25, 0.3) is 0 Å². The Hall–Kier alpha value is -3.57. The molecule has 1 aromatic rings. The maximum atomic E-state index is 13.9. The first-order chi connectivity index (χ1) is 20.2. The van der Waals surface area contributed by atoms with E-state index in [2.05, 4.69) is 9.89 Å². The standard InChI is InChI=1S/C21H14F19NO5/c1-8(41-44)9-2-3-10(42)11(6-9)45-5-4-12(43)46-7-13(22,23)14(24,25)15(26,27)16(28,29)17(30,31)18(32,33)19(34,35)20(36,37)21(38,39)40/h2-3,6,42,44H,4-5,7H2,1H3/b41-8+. The largest absolute Gasteiger partial charge is 0.504 e. The minimum absolute atomic E-state index is 0.0682. The highest BCUT2D eigenvalue weighted by Gasteiger charge is 2.96. The SMILES string of the molecule is C/C(=N\O)c1ccc(O)c(OCCC(=O)OCC(F)(F)C(F)(F)C(F)(F)C(F)(F)C(F)(F)C(F)(F)C(F)(F)C(F)(F)C(F)(F)F)c1. The van der Waals surface area contributed by atoms with Crippen molar-refractivity contribution >= 4 is 11.7 Å². The molecule has 1 rings (SSSR count). The smallest absolute Gasteiger partial charge is 0.460 e. The Balaban J connectivity index is 3.22. The normalized spacial score (nSPS) is 15.2. The summed E-state index contributed by atoms with van der Waals surface area (Å²) in [4.78, 5) is 11.5. The maximum absolute atomic E-state index is 13.9. The molecule has 0 amide bonds. The van der Waals surface area contributed by atoms with Crippen molar-refractivity contribution in [2.45, 2.75) is 66.9 Å². The van der Waals surface area contributed by atoms with Crippen LogP contribution in [0, 0.1) is 0 Å². The third-order valence-electron chi connectivity index (χ3n) is 5.69. The van der Waals surface area contributed by atoms with Crippen LogP contribution in [0.15, 0.2) is 23.4 Å². The summed E-state index contributed by atoms with van der Waals surface area (Å²) in [5, 5.41) is 21.1. The van der Waals surface area contributed by atoms with E-state index in [4.69, 9.17) is 9.94 Å². The Morgan fingerprint density at radius 2 is 1.11 bits per heavy atom. The first-order valence-electron chi connectivity index (χ1n) is 11.1. The molecule has 0 saturated carbocycles. The molecular weight excluding hydrogens is 707 g/mol. The molecule has 0 bridgehead atoms. The molecular formula is C21H14F19NO5. The first kappa shape index (κ1) is 40.5. The number of carbonyl (C=O) groups excluding carboxylic acids is 1. The van der Waals surface area contributed by atoms with Gasteiger partial charge >= 0.3 is 59.5 Å². The Bertz CT molecular complexity index is 1290. The predicted molar refractivity (Wildman–Crippen MR) is 109 cm³/mol. The Morgan fingerprint density at radius 3 is 1.52 bits per heavy atom. The van der Waals surface area contributed by atoms with E-state index in [1.165, 1.54) is 6.92 Å². The van der Waals surface area contributed by atoms with Crippen molar-refractivity contribution in [1.29, 1.82) is 0 Å². The zero-order valence-electron chi connectivity index (χ0n) is 21.6. The lowest BCUT2D eigenvalue weighted by atomic mass is 9.87. The second kappa shape index (κ2) is 12.2. The number of carbonyl (C=O) groups is 1. The van der Waals surface area contributed by atoms with Gasteiger partial charge in [0.2, 0.25) is 0 Å². The summed E-state index contributed by atoms with van der Waals surface area (Å²) in [6, 6.07) is 3.04. The topological polar surface area (TPSA) is 88.4 Å². The molecule has 0 aliphatic carbocycles. The summed E-state index contributed by atoms with van der Waals surface area (Å²) >= 11 is 0. The fourth-order valence-corrected chi connectivity index (χ4v) is 2.88. The molecule has 6 nitrogen and oxygen atoms in total. The van der Waals surface area contributed by atoms with Crippen molar-refractivity contribution in [2.75, 3.05) is 13.2 Å². The summed E-state index contributed by atoms with van der Waals surface area (Å²) in [5.74, 6) is -71.4. The lowest BCUT2D eigenvalue weighted by Crippen LogP contribution is -2.76. The van der Waals surface area contributed by atoms with Gasteiger partial charge in [0.15, 0.2) is 18.1 Å². The van der Waals surface area contributed by atoms with E-state index in [1.54, 1.807) is 0 Å². The minimum Gasteiger partial charge on any atom is -0.504 e. The summed E-state index contributed by atoms with van der Waals surface area (Å²) in [5.41, 5.74) is -0.0113. The number of nitrogens with zero attached hydrogens (tertiary/aromatic N) is 1. The van der Waals surface area contributed by atoms with Crippen molar-refractivity contribution in [3.8, 4) is 11.5 Å². The van der Waals surface area contributed by atoms with E-state index in [0.29, 0.717) is 0 Å². The maximum Gasteiger partial charge on any atom is 0.460 e. The van der Waals surface area contributed by atoms with E-state index in [9.17, 15) is 93.3 Å². The zero-order chi connectivity index (χ0) is 36.8. The summed E-state index contributed by atoms with van der Waals surface area (Å²) < 4.78 is 261. The molecule has 0 spiro atoms. The van der Waals surface area contributed by atoms with Crippen LogP contribution in [0.5, 0.6) is 11.5 Å². The number of oxime groups is 1. The van der Waals surface area contributed by atoms with Crippen molar-refractivity contribution in [3.63, 3.8) is 0 Å². The fraction of sp³-hybridized carbons (Fsp3) is 0.619. The van der Waals surface area contributed by atoms with Gasteiger partial charge in [0.1, 0.15) is 0 Å². The monoisotopic (exact) mass is 721 g/mol. The van der Waals surface area contributed by atoms with Gasteiger partial charge in [-0.2, -0.15) is 83.4 Å². The molecule has 0 aliphatic heterocycles. The van der Waals surface area contributed by atoms with Crippen molar-refractivity contribution in [3.05, 3.63) is 23.8 Å². The highest BCUT2D eigenvalue weighted by molar-refractivity contribution is 5.98. The third kappa shape index (κ3) is 6.36. The van der Waals surface area contributed by atoms with Crippen LogP contribution in [-0.2, 0) is 9.53 Å². The van der Waals surface area contributed by atoms with Crippen LogP contribution in [0.1, 0.15) is 18.9 Å². The van der Waals surface area contributed by atoms with Gasteiger partial charge in [-0.05, 0) is 25.1 Å². The Labute approximate surface area is 241 Å². The number of esters is 1. The molecule has 1 aromatic carbocycles. The third-order valence-corrected chi connectivity index (χ3v) is 5.69. The average Bonchev–Trinajstić information content (AvgIpc) is 2.91. The molecule has 266 valence electrons. The van der Waals surface area contributed by atoms with E-state index >= 15 is 0 Å². The summed E-state index contributed by atoms with van der Waals surface area (Å²) in [6.07, 6.45) is -9.31. The number of aromatic hydroxyl groups is 1. The number of phenolic OH excluding ortho intramolecular Hbond substituents is 1. The number of phenols is 1. The van der Waals surface area contributed by atoms with E-state index in [1.807, 2.05) is 0 Å². The highest BCUT2D eigenvalue weighted by atomic mass is 19.4. The molecule has 46 heavy (non-hydrogen) atoms. The lowest BCUT2D eigenvalue weighted by molar-refractivity contribution is -0.469. The van der Waals surface area contributed by atoms with Crippen LogP contribution >= 0.6 is 0 Å². The van der Waals surface area contributed by atoms with Gasteiger partial charge in [-0.15, -0.1) is 0 Å². The minimum atomic E-state index is -9.06. The number of hydrogen-bond acceptors (Lipinski definition) is 6. The van der Waals surface area contributed by atoms with Gasteiger partial charge in [-0.3, -0.25) is 4.79 Å². The van der Waals surface area contributed by atoms with Crippen LogP contribution in [-0.4, -0.2) is 88.8 Å². The number of hydrogen-bond donors (Lipinski definition) is 2.